The van der Waals surface area contributed by atoms with Gasteiger partial charge in [0.1, 0.15) is 6.17 Å². The summed E-state index contributed by atoms with van der Waals surface area (Å²) in [5.41, 5.74) is 1.15. The fourth-order valence-corrected chi connectivity index (χ4v) is 2.45. The third kappa shape index (κ3) is 3.19. The number of carbonyl (C=O) groups is 1. The van der Waals surface area contributed by atoms with Gasteiger partial charge in [-0.3, -0.25) is 10.1 Å². The largest absolute Gasteiger partial charge is 0.320 e. The Morgan fingerprint density at radius 1 is 1.30 bits per heavy atom. The summed E-state index contributed by atoms with van der Waals surface area (Å²) in [5, 5.41) is 3.38. The Morgan fingerprint density at radius 2 is 1.95 bits per heavy atom. The number of carbonyl (C=O) groups excluding carboxylic acids is 1. The van der Waals surface area contributed by atoms with Crippen molar-refractivity contribution < 1.29 is 4.79 Å². The molecule has 4 nitrogen and oxygen atoms in total. The summed E-state index contributed by atoms with van der Waals surface area (Å²) < 4.78 is 0. The summed E-state index contributed by atoms with van der Waals surface area (Å²) >= 11 is 0. The molecule has 1 saturated heterocycles. The number of hydrogen-bond donors (Lipinski definition) is 1. The monoisotopic (exact) mass is 275 g/mol. The summed E-state index contributed by atoms with van der Waals surface area (Å²) in [5.74, 6) is 0.191. The Morgan fingerprint density at radius 3 is 2.55 bits per heavy atom. The van der Waals surface area contributed by atoms with E-state index in [9.17, 15) is 4.79 Å². The van der Waals surface area contributed by atoms with Gasteiger partial charge in [0.25, 0.3) is 0 Å². The molecule has 1 aliphatic rings. The van der Waals surface area contributed by atoms with Crippen LogP contribution < -0.4 is 5.32 Å². The first kappa shape index (κ1) is 15.0. The van der Waals surface area contributed by atoms with Crippen molar-refractivity contribution in [2.24, 2.45) is 0 Å². The van der Waals surface area contributed by atoms with E-state index in [0.29, 0.717) is 6.04 Å². The van der Waals surface area contributed by atoms with Gasteiger partial charge in [-0.2, -0.15) is 0 Å². The van der Waals surface area contributed by atoms with E-state index in [1.165, 1.54) is 0 Å². The van der Waals surface area contributed by atoms with Crippen LogP contribution in [-0.2, 0) is 4.79 Å². The van der Waals surface area contributed by atoms with E-state index in [4.69, 9.17) is 0 Å². The van der Waals surface area contributed by atoms with Crippen LogP contribution in [0.5, 0.6) is 0 Å². The molecule has 20 heavy (non-hydrogen) atoms. The summed E-state index contributed by atoms with van der Waals surface area (Å²) in [4.78, 5) is 16.5. The van der Waals surface area contributed by atoms with Gasteiger partial charge in [-0.05, 0) is 33.4 Å². The average Bonchev–Trinajstić information content (AvgIpc) is 2.73. The maximum Gasteiger partial charge on any atom is 0.241 e. The fourth-order valence-electron chi connectivity index (χ4n) is 2.45. The number of hydrogen-bond acceptors (Lipinski definition) is 3. The molecule has 2 rings (SSSR count). The summed E-state index contributed by atoms with van der Waals surface area (Å²) in [6.45, 7) is 7.92. The molecule has 1 aromatic carbocycles. The topological polar surface area (TPSA) is 35.6 Å². The van der Waals surface area contributed by atoms with Gasteiger partial charge in [0.05, 0.1) is 6.04 Å². The Kier molecular flexibility index (Phi) is 4.78. The molecule has 0 spiro atoms. The third-order valence-corrected chi connectivity index (χ3v) is 4.06. The highest BCUT2D eigenvalue weighted by molar-refractivity contribution is 5.84. The number of benzene rings is 1. The number of nitrogens with one attached hydrogen (secondary N) is 1. The quantitative estimate of drug-likeness (QED) is 0.891. The highest BCUT2D eigenvalue weighted by Gasteiger charge is 2.36. The minimum absolute atomic E-state index is 0.000683. The van der Waals surface area contributed by atoms with E-state index in [1.54, 1.807) is 0 Å². The number of nitrogens with zero attached hydrogens (tertiary/aromatic N) is 2. The SMILES string of the molecule is CC1NC(c2ccccc2)N(CCN(C)C(C)C)C1=O. The minimum Gasteiger partial charge on any atom is -0.320 e. The molecular formula is C16H25N3O. The van der Waals surface area contributed by atoms with Crippen LogP contribution in [-0.4, -0.2) is 47.9 Å². The highest BCUT2D eigenvalue weighted by atomic mass is 16.2. The second kappa shape index (κ2) is 6.37. The van der Waals surface area contributed by atoms with Crippen LogP contribution in [0.1, 0.15) is 32.5 Å². The molecule has 2 atom stereocenters. The molecule has 0 aliphatic carbocycles. The van der Waals surface area contributed by atoms with Gasteiger partial charge in [-0.15, -0.1) is 0 Å². The zero-order chi connectivity index (χ0) is 14.7. The van der Waals surface area contributed by atoms with Gasteiger partial charge < -0.3 is 9.80 Å². The maximum absolute atomic E-state index is 12.3. The Hall–Kier alpha value is -1.39. The lowest BCUT2D eigenvalue weighted by atomic mass is 10.1. The van der Waals surface area contributed by atoms with E-state index in [1.807, 2.05) is 30.0 Å². The molecule has 0 saturated carbocycles. The normalized spacial score (nSPS) is 23.1. The summed E-state index contributed by atoms with van der Waals surface area (Å²) in [6.07, 6.45) is -0.000683. The first-order valence-corrected chi connectivity index (χ1v) is 7.32. The molecule has 2 unspecified atom stereocenters. The predicted octanol–water partition coefficient (Wildman–Crippen LogP) is 1.85. The summed E-state index contributed by atoms with van der Waals surface area (Å²) in [7, 11) is 2.10. The number of amides is 1. The van der Waals surface area contributed by atoms with Gasteiger partial charge in [0, 0.05) is 19.1 Å². The van der Waals surface area contributed by atoms with E-state index in [-0.39, 0.29) is 18.1 Å². The molecule has 1 N–H and O–H groups in total. The molecule has 1 heterocycles. The van der Waals surface area contributed by atoms with Crippen LogP contribution in [0, 0.1) is 0 Å². The van der Waals surface area contributed by atoms with Gasteiger partial charge in [0.15, 0.2) is 0 Å². The molecule has 0 bridgehead atoms. The average molecular weight is 275 g/mol. The second-order valence-corrected chi connectivity index (χ2v) is 5.81. The first-order chi connectivity index (χ1) is 9.50. The van der Waals surface area contributed by atoms with Crippen LogP contribution in [0.4, 0.5) is 0 Å². The first-order valence-electron chi connectivity index (χ1n) is 7.32. The van der Waals surface area contributed by atoms with Crippen molar-refractivity contribution in [1.29, 1.82) is 0 Å². The van der Waals surface area contributed by atoms with Crippen LogP contribution in [0.15, 0.2) is 30.3 Å². The molecule has 1 fully saturated rings. The lowest BCUT2D eigenvalue weighted by Gasteiger charge is -2.28. The van der Waals surface area contributed by atoms with Crippen molar-refractivity contribution >= 4 is 5.91 Å². The van der Waals surface area contributed by atoms with Crippen molar-refractivity contribution in [3.63, 3.8) is 0 Å². The van der Waals surface area contributed by atoms with Crippen molar-refractivity contribution in [3.05, 3.63) is 35.9 Å². The fraction of sp³-hybridized carbons (Fsp3) is 0.562. The van der Waals surface area contributed by atoms with E-state index in [0.717, 1.165) is 18.7 Å². The van der Waals surface area contributed by atoms with Gasteiger partial charge in [0.2, 0.25) is 5.91 Å². The van der Waals surface area contributed by atoms with Crippen LogP contribution in [0.3, 0.4) is 0 Å². The molecule has 0 aromatic heterocycles. The second-order valence-electron chi connectivity index (χ2n) is 5.81. The number of rotatable bonds is 5. The van der Waals surface area contributed by atoms with Crippen LogP contribution >= 0.6 is 0 Å². The Balaban J connectivity index is 2.09. The van der Waals surface area contributed by atoms with Crippen molar-refractivity contribution in [2.75, 3.05) is 20.1 Å². The smallest absolute Gasteiger partial charge is 0.241 e. The maximum atomic E-state index is 12.3. The minimum atomic E-state index is -0.107. The molecular weight excluding hydrogens is 250 g/mol. The lowest BCUT2D eigenvalue weighted by molar-refractivity contribution is -0.130. The third-order valence-electron chi connectivity index (χ3n) is 4.06. The zero-order valence-corrected chi connectivity index (χ0v) is 12.8. The van der Waals surface area contributed by atoms with Crippen LogP contribution in [0.25, 0.3) is 0 Å². The van der Waals surface area contributed by atoms with Crippen molar-refractivity contribution in [1.82, 2.24) is 15.1 Å². The van der Waals surface area contributed by atoms with E-state index in [2.05, 4.69) is 43.2 Å². The molecule has 1 amide bonds. The summed E-state index contributed by atoms with van der Waals surface area (Å²) in [6, 6.07) is 10.6. The van der Waals surface area contributed by atoms with Crippen LogP contribution in [0.2, 0.25) is 0 Å². The zero-order valence-electron chi connectivity index (χ0n) is 12.8. The van der Waals surface area contributed by atoms with E-state index < -0.39 is 0 Å². The highest BCUT2D eigenvalue weighted by Crippen LogP contribution is 2.24. The van der Waals surface area contributed by atoms with Crippen molar-refractivity contribution in [2.45, 2.75) is 39.0 Å². The molecule has 4 heteroatoms. The molecule has 0 radical (unpaired) electrons. The van der Waals surface area contributed by atoms with Crippen molar-refractivity contribution in [3.8, 4) is 0 Å². The van der Waals surface area contributed by atoms with Gasteiger partial charge >= 0.3 is 0 Å². The lowest BCUT2D eigenvalue weighted by Crippen LogP contribution is -2.39. The number of likely N-dealkylation sites (N-methyl/N-ethyl adjacent to an activating group) is 1. The predicted molar refractivity (Wildman–Crippen MR) is 81.3 cm³/mol. The standard InChI is InChI=1S/C16H25N3O/c1-12(2)18(4)10-11-19-15(17-13(3)16(19)20)14-8-6-5-7-9-14/h5-9,12-13,15,17H,10-11H2,1-4H3. The van der Waals surface area contributed by atoms with Gasteiger partial charge in [-0.25, -0.2) is 0 Å². The Bertz CT molecular complexity index is 446. The Labute approximate surface area is 121 Å². The molecule has 1 aliphatic heterocycles. The van der Waals surface area contributed by atoms with Gasteiger partial charge in [-0.1, -0.05) is 30.3 Å². The molecule has 1 aromatic rings. The van der Waals surface area contributed by atoms with E-state index >= 15 is 0 Å². The molecule has 110 valence electrons.